The molecule has 1 heterocycles. The molecule has 0 radical (unpaired) electrons. The lowest BCUT2D eigenvalue weighted by atomic mass is 10.2. The lowest BCUT2D eigenvalue weighted by molar-refractivity contribution is -0.142. The standard InChI is InChI=1S/C23H23N3O3S/c1-2-28-22(27)15-20-17-30-23(25-20)26-24-16-19-12-6-7-13-21(19)29-14-8-11-18-9-4-3-5-10-18/h3-13,16-17H,2,14-15H2,1H3,(H,25,26). The van der Waals surface area contributed by atoms with E-state index in [2.05, 4.69) is 15.5 Å². The number of hydrazone groups is 1. The highest BCUT2D eigenvalue weighted by Crippen LogP contribution is 2.18. The van der Waals surface area contributed by atoms with Crippen LogP contribution in [-0.4, -0.2) is 30.4 Å². The molecule has 0 bridgehead atoms. The molecule has 30 heavy (non-hydrogen) atoms. The maximum atomic E-state index is 11.5. The van der Waals surface area contributed by atoms with Gasteiger partial charge in [-0.15, -0.1) is 11.3 Å². The van der Waals surface area contributed by atoms with Crippen molar-refractivity contribution in [2.75, 3.05) is 18.6 Å². The molecule has 3 aromatic rings. The highest BCUT2D eigenvalue weighted by Gasteiger charge is 2.08. The number of anilines is 1. The highest BCUT2D eigenvalue weighted by atomic mass is 32.1. The number of carbonyl (C=O) groups is 1. The Morgan fingerprint density at radius 1 is 1.17 bits per heavy atom. The number of nitrogens with zero attached hydrogens (tertiary/aromatic N) is 2. The van der Waals surface area contributed by atoms with Crippen LogP contribution in [0.4, 0.5) is 5.13 Å². The third-order valence-electron chi connectivity index (χ3n) is 3.91. The van der Waals surface area contributed by atoms with Gasteiger partial charge >= 0.3 is 5.97 Å². The quantitative estimate of drug-likeness (QED) is 0.290. The SMILES string of the molecule is CCOC(=O)Cc1csc(NN=Cc2ccccc2OCC=Cc2ccccc2)n1. The molecule has 0 saturated carbocycles. The van der Waals surface area contributed by atoms with Gasteiger partial charge in [0.2, 0.25) is 5.13 Å². The first-order chi connectivity index (χ1) is 14.7. The van der Waals surface area contributed by atoms with E-state index in [1.54, 1.807) is 13.1 Å². The van der Waals surface area contributed by atoms with Crippen LogP contribution in [0.2, 0.25) is 0 Å². The molecule has 0 unspecified atom stereocenters. The van der Waals surface area contributed by atoms with E-state index in [4.69, 9.17) is 9.47 Å². The molecule has 0 aliphatic heterocycles. The predicted molar refractivity (Wildman–Crippen MR) is 121 cm³/mol. The molecule has 1 N–H and O–H groups in total. The van der Waals surface area contributed by atoms with Crippen molar-refractivity contribution in [1.82, 2.24) is 4.98 Å². The van der Waals surface area contributed by atoms with Gasteiger partial charge in [-0.1, -0.05) is 48.5 Å². The predicted octanol–water partition coefficient (Wildman–Crippen LogP) is 4.79. The second kappa shape index (κ2) is 11.5. The summed E-state index contributed by atoms with van der Waals surface area (Å²) < 4.78 is 10.8. The number of nitrogens with one attached hydrogen (secondary N) is 1. The van der Waals surface area contributed by atoms with Crippen molar-refractivity contribution in [3.63, 3.8) is 0 Å². The van der Waals surface area contributed by atoms with Gasteiger partial charge < -0.3 is 9.47 Å². The Morgan fingerprint density at radius 2 is 1.97 bits per heavy atom. The van der Waals surface area contributed by atoms with Crippen LogP contribution in [0.1, 0.15) is 23.7 Å². The van der Waals surface area contributed by atoms with Crippen LogP contribution in [0.25, 0.3) is 6.08 Å². The van der Waals surface area contributed by atoms with Crippen molar-refractivity contribution in [1.29, 1.82) is 0 Å². The minimum absolute atomic E-state index is 0.156. The Kier molecular flexibility index (Phi) is 8.17. The third-order valence-corrected chi connectivity index (χ3v) is 4.71. The Morgan fingerprint density at radius 3 is 2.80 bits per heavy atom. The first-order valence-electron chi connectivity index (χ1n) is 9.57. The van der Waals surface area contributed by atoms with Crippen LogP contribution < -0.4 is 10.2 Å². The number of para-hydroxylation sites is 1. The Bertz CT molecular complexity index is 1000. The van der Waals surface area contributed by atoms with Crippen LogP contribution in [-0.2, 0) is 16.0 Å². The molecule has 3 rings (SSSR count). The maximum Gasteiger partial charge on any atom is 0.311 e. The van der Waals surface area contributed by atoms with Crippen molar-refractivity contribution in [2.45, 2.75) is 13.3 Å². The van der Waals surface area contributed by atoms with Gasteiger partial charge in [0, 0.05) is 10.9 Å². The Balaban J connectivity index is 1.53. The van der Waals surface area contributed by atoms with Gasteiger partial charge in [0.15, 0.2) is 0 Å². The van der Waals surface area contributed by atoms with Gasteiger partial charge in [-0.25, -0.2) is 4.98 Å². The van der Waals surface area contributed by atoms with E-state index in [1.807, 2.05) is 72.1 Å². The molecule has 0 aliphatic rings. The summed E-state index contributed by atoms with van der Waals surface area (Å²) in [5.74, 6) is 0.452. The van der Waals surface area contributed by atoms with Crippen LogP contribution in [0.3, 0.4) is 0 Å². The molecule has 1 aromatic heterocycles. The van der Waals surface area contributed by atoms with Crippen molar-refractivity contribution < 1.29 is 14.3 Å². The van der Waals surface area contributed by atoms with Crippen LogP contribution in [0.5, 0.6) is 5.75 Å². The summed E-state index contributed by atoms with van der Waals surface area (Å²) in [6, 6.07) is 17.7. The van der Waals surface area contributed by atoms with Crippen LogP contribution in [0, 0.1) is 0 Å². The Hall–Kier alpha value is -3.45. The zero-order valence-electron chi connectivity index (χ0n) is 16.7. The molecule has 0 saturated heterocycles. The van der Waals surface area contributed by atoms with Crippen molar-refractivity contribution >= 4 is 34.7 Å². The zero-order valence-corrected chi connectivity index (χ0v) is 17.5. The van der Waals surface area contributed by atoms with Gasteiger partial charge in [0.05, 0.1) is 24.9 Å². The smallest absolute Gasteiger partial charge is 0.311 e. The zero-order chi connectivity index (χ0) is 21.0. The number of thiazole rings is 1. The summed E-state index contributed by atoms with van der Waals surface area (Å²) in [5.41, 5.74) is 5.53. The number of rotatable bonds is 10. The largest absolute Gasteiger partial charge is 0.489 e. The van der Waals surface area contributed by atoms with Gasteiger partial charge in [0.25, 0.3) is 0 Å². The Labute approximate surface area is 179 Å². The first kappa shape index (κ1) is 21.3. The molecule has 0 aliphatic carbocycles. The molecule has 6 nitrogen and oxygen atoms in total. The highest BCUT2D eigenvalue weighted by molar-refractivity contribution is 7.13. The molecule has 0 atom stereocenters. The van der Waals surface area contributed by atoms with Crippen molar-refractivity contribution in [2.24, 2.45) is 5.10 Å². The maximum absolute atomic E-state index is 11.5. The molecule has 154 valence electrons. The average molecular weight is 422 g/mol. The lowest BCUT2D eigenvalue weighted by Gasteiger charge is -2.06. The normalized spacial score (nSPS) is 11.1. The molecule has 0 fully saturated rings. The topological polar surface area (TPSA) is 72.8 Å². The summed E-state index contributed by atoms with van der Waals surface area (Å²) >= 11 is 1.38. The molecule has 0 amide bonds. The first-order valence-corrected chi connectivity index (χ1v) is 10.4. The minimum Gasteiger partial charge on any atom is -0.489 e. The number of benzene rings is 2. The number of esters is 1. The minimum atomic E-state index is -0.287. The molecule has 7 heteroatoms. The summed E-state index contributed by atoms with van der Waals surface area (Å²) in [5, 5.41) is 6.65. The number of ether oxygens (including phenoxy) is 2. The summed E-state index contributed by atoms with van der Waals surface area (Å²) in [7, 11) is 0. The fraction of sp³-hybridized carbons (Fsp3) is 0.174. The number of aromatic nitrogens is 1. The number of hydrogen-bond donors (Lipinski definition) is 1. The van der Waals surface area contributed by atoms with Gasteiger partial charge in [-0.3, -0.25) is 10.2 Å². The van der Waals surface area contributed by atoms with Gasteiger partial charge in [0.1, 0.15) is 12.4 Å². The average Bonchev–Trinajstić information content (AvgIpc) is 3.20. The molecular weight excluding hydrogens is 398 g/mol. The van der Waals surface area contributed by atoms with Crippen LogP contribution >= 0.6 is 11.3 Å². The summed E-state index contributed by atoms with van der Waals surface area (Å²) in [6.07, 6.45) is 5.84. The van der Waals surface area contributed by atoms with E-state index < -0.39 is 0 Å². The van der Waals surface area contributed by atoms with E-state index in [0.717, 1.165) is 16.9 Å². The van der Waals surface area contributed by atoms with Gasteiger partial charge in [-0.2, -0.15) is 5.10 Å². The summed E-state index contributed by atoms with van der Waals surface area (Å²) in [6.45, 7) is 2.60. The molecule has 2 aromatic carbocycles. The second-order valence-corrected chi connectivity index (χ2v) is 7.02. The fourth-order valence-corrected chi connectivity index (χ4v) is 3.22. The van der Waals surface area contributed by atoms with Gasteiger partial charge in [-0.05, 0) is 30.7 Å². The van der Waals surface area contributed by atoms with Crippen LogP contribution in [0.15, 0.2) is 71.2 Å². The molecular formula is C23H23N3O3S. The second-order valence-electron chi connectivity index (χ2n) is 6.16. The number of carbonyl (C=O) groups excluding carboxylic acids is 1. The van der Waals surface area contributed by atoms with E-state index in [-0.39, 0.29) is 12.4 Å². The van der Waals surface area contributed by atoms with E-state index in [0.29, 0.717) is 24.0 Å². The van der Waals surface area contributed by atoms with E-state index in [1.165, 1.54) is 11.3 Å². The lowest BCUT2D eigenvalue weighted by Crippen LogP contribution is -2.07. The molecule has 0 spiro atoms. The van der Waals surface area contributed by atoms with E-state index >= 15 is 0 Å². The fourth-order valence-electron chi connectivity index (χ4n) is 2.56. The third kappa shape index (κ3) is 6.86. The monoisotopic (exact) mass is 421 g/mol. The van der Waals surface area contributed by atoms with Crippen molar-refractivity contribution in [3.05, 3.63) is 82.9 Å². The van der Waals surface area contributed by atoms with Crippen molar-refractivity contribution in [3.8, 4) is 5.75 Å². The summed E-state index contributed by atoms with van der Waals surface area (Å²) in [4.78, 5) is 15.8. The number of hydrogen-bond acceptors (Lipinski definition) is 7. The van der Waals surface area contributed by atoms with E-state index in [9.17, 15) is 4.79 Å².